The number of pyridine rings is 1. The normalized spacial score (nSPS) is 13.6. The van der Waals surface area contributed by atoms with Crippen LogP contribution in [0.25, 0.3) is 22.2 Å². The summed E-state index contributed by atoms with van der Waals surface area (Å²) in [5.74, 6) is -0.405. The molecular formula is C48H44FNO5. The molecule has 0 spiro atoms. The zero-order valence-electron chi connectivity index (χ0n) is 30.5. The maximum absolute atomic E-state index is 15.2. The summed E-state index contributed by atoms with van der Waals surface area (Å²) in [5.41, 5.74) is 6.62. The molecule has 55 heavy (non-hydrogen) atoms. The molecule has 0 aliphatic carbocycles. The van der Waals surface area contributed by atoms with Gasteiger partial charge >= 0.3 is 0 Å². The van der Waals surface area contributed by atoms with Crippen LogP contribution in [0.2, 0.25) is 0 Å². The van der Waals surface area contributed by atoms with Crippen LogP contribution in [0.5, 0.6) is 0 Å². The molecule has 0 saturated carbocycles. The second kappa shape index (κ2) is 19.2. The molecule has 0 aliphatic rings. The number of rotatable bonds is 18. The number of nitrogens with zero attached hydrogens (tertiary/aromatic N) is 1. The second-order valence-corrected chi connectivity index (χ2v) is 13.4. The Morgan fingerprint density at radius 2 is 0.982 bits per heavy atom. The number of aromatic nitrogens is 1. The third kappa shape index (κ3) is 10.4. The zero-order valence-corrected chi connectivity index (χ0v) is 30.5. The van der Waals surface area contributed by atoms with Crippen molar-refractivity contribution >= 4 is 10.9 Å². The lowest BCUT2D eigenvalue weighted by Gasteiger charge is -2.37. The largest absolute Gasteiger partial charge is 0.388 e. The van der Waals surface area contributed by atoms with E-state index in [2.05, 4.69) is 0 Å². The van der Waals surface area contributed by atoms with E-state index in [0.29, 0.717) is 28.8 Å². The first kappa shape index (κ1) is 37.8. The van der Waals surface area contributed by atoms with Gasteiger partial charge in [-0.1, -0.05) is 152 Å². The number of aliphatic hydroxyl groups excluding tert-OH is 1. The van der Waals surface area contributed by atoms with Gasteiger partial charge in [-0.2, -0.15) is 0 Å². The number of halogens is 1. The SMILES string of the molecule is O[C@H](COCc1ccccc1)[C@H](OCc1ccccc1)[C@H](OCc1ccccc1)[C@H](OCc1ccccc1)c1cc(-c2ccccc2)nc2ccc(F)cc12. The fraction of sp³-hybridized carbons (Fsp3) is 0.188. The van der Waals surface area contributed by atoms with E-state index in [4.69, 9.17) is 23.9 Å². The summed E-state index contributed by atoms with van der Waals surface area (Å²) >= 11 is 0. The van der Waals surface area contributed by atoms with E-state index >= 15 is 4.39 Å². The molecule has 1 heterocycles. The van der Waals surface area contributed by atoms with Crippen molar-refractivity contribution < 1.29 is 28.4 Å². The highest BCUT2D eigenvalue weighted by atomic mass is 19.1. The number of benzene rings is 6. The molecule has 0 fully saturated rings. The summed E-state index contributed by atoms with van der Waals surface area (Å²) < 4.78 is 41.9. The highest BCUT2D eigenvalue weighted by Gasteiger charge is 2.39. The molecule has 4 atom stereocenters. The Labute approximate surface area is 321 Å². The van der Waals surface area contributed by atoms with Crippen molar-refractivity contribution in [3.05, 3.63) is 210 Å². The molecule has 6 nitrogen and oxygen atoms in total. The van der Waals surface area contributed by atoms with E-state index in [0.717, 1.165) is 27.8 Å². The maximum Gasteiger partial charge on any atom is 0.123 e. The number of hydrogen-bond donors (Lipinski definition) is 1. The summed E-state index contributed by atoms with van der Waals surface area (Å²) in [6, 6.07) is 55.7. The topological polar surface area (TPSA) is 70.0 Å². The molecule has 278 valence electrons. The summed E-state index contributed by atoms with van der Waals surface area (Å²) in [5, 5.41) is 12.7. The summed E-state index contributed by atoms with van der Waals surface area (Å²) in [6.07, 6.45) is -3.89. The second-order valence-electron chi connectivity index (χ2n) is 13.4. The van der Waals surface area contributed by atoms with Gasteiger partial charge in [0.25, 0.3) is 0 Å². The molecule has 0 saturated heterocycles. The van der Waals surface area contributed by atoms with Crippen LogP contribution in [0.15, 0.2) is 176 Å². The van der Waals surface area contributed by atoms with E-state index in [9.17, 15) is 5.11 Å². The van der Waals surface area contributed by atoms with Gasteiger partial charge in [0, 0.05) is 10.9 Å². The first-order valence-corrected chi connectivity index (χ1v) is 18.5. The average Bonchev–Trinajstić information content (AvgIpc) is 3.24. The lowest BCUT2D eigenvalue weighted by Crippen LogP contribution is -2.47. The van der Waals surface area contributed by atoms with Crippen LogP contribution >= 0.6 is 0 Å². The Balaban J connectivity index is 1.35. The molecule has 0 aliphatic heterocycles. The molecular weight excluding hydrogens is 690 g/mol. The van der Waals surface area contributed by atoms with Gasteiger partial charge in [0.05, 0.1) is 44.2 Å². The third-order valence-electron chi connectivity index (χ3n) is 9.42. The molecule has 7 heteroatoms. The van der Waals surface area contributed by atoms with E-state index in [-0.39, 0.29) is 26.4 Å². The van der Waals surface area contributed by atoms with Gasteiger partial charge in [-0.25, -0.2) is 9.37 Å². The van der Waals surface area contributed by atoms with Gasteiger partial charge in [0.1, 0.15) is 30.2 Å². The van der Waals surface area contributed by atoms with Gasteiger partial charge in [-0.05, 0) is 52.1 Å². The van der Waals surface area contributed by atoms with Crippen molar-refractivity contribution in [3.8, 4) is 11.3 Å². The van der Waals surface area contributed by atoms with Crippen molar-refractivity contribution in [1.29, 1.82) is 0 Å². The van der Waals surface area contributed by atoms with Crippen molar-refractivity contribution in [2.45, 2.75) is 50.8 Å². The van der Waals surface area contributed by atoms with Gasteiger partial charge in [-0.15, -0.1) is 0 Å². The van der Waals surface area contributed by atoms with Crippen LogP contribution in [-0.4, -0.2) is 35.0 Å². The predicted molar refractivity (Wildman–Crippen MR) is 213 cm³/mol. The molecule has 7 aromatic rings. The highest BCUT2D eigenvalue weighted by Crippen LogP contribution is 2.37. The van der Waals surface area contributed by atoms with Crippen molar-refractivity contribution in [3.63, 3.8) is 0 Å². The number of aliphatic hydroxyl groups is 1. The van der Waals surface area contributed by atoms with Crippen LogP contribution < -0.4 is 0 Å². The van der Waals surface area contributed by atoms with Crippen LogP contribution in [0.3, 0.4) is 0 Å². The van der Waals surface area contributed by atoms with Crippen molar-refractivity contribution in [2.75, 3.05) is 6.61 Å². The van der Waals surface area contributed by atoms with Gasteiger partial charge in [0.2, 0.25) is 0 Å². The molecule has 0 bridgehead atoms. The Hall–Kier alpha value is -5.54. The number of hydrogen-bond acceptors (Lipinski definition) is 6. The summed E-state index contributed by atoms with van der Waals surface area (Å²) in [6.45, 7) is 0.872. The summed E-state index contributed by atoms with van der Waals surface area (Å²) in [7, 11) is 0. The predicted octanol–water partition coefficient (Wildman–Crippen LogP) is 10.0. The standard InChI is InChI=1S/C48H44FNO5/c49-40-26-27-43-41(28-40)42(29-44(50-43)39-24-14-5-15-25-39)46(53-31-36-18-8-2-9-19-36)48(55-33-38-22-12-4-13-23-38)47(54-32-37-20-10-3-11-21-37)45(51)34-52-30-35-16-6-1-7-17-35/h1-29,45-48,51H,30-34H2/t45-,46-,47+,48-/m1/s1. The maximum atomic E-state index is 15.2. The minimum atomic E-state index is -1.14. The van der Waals surface area contributed by atoms with Gasteiger partial charge in [0.15, 0.2) is 0 Å². The lowest BCUT2D eigenvalue weighted by atomic mass is 9.92. The lowest BCUT2D eigenvalue weighted by molar-refractivity contribution is -0.189. The van der Waals surface area contributed by atoms with Crippen LogP contribution in [0.1, 0.15) is 33.9 Å². The van der Waals surface area contributed by atoms with E-state index in [1.807, 2.05) is 158 Å². The van der Waals surface area contributed by atoms with E-state index in [1.54, 1.807) is 6.07 Å². The van der Waals surface area contributed by atoms with Crippen LogP contribution in [-0.2, 0) is 45.4 Å². The van der Waals surface area contributed by atoms with E-state index in [1.165, 1.54) is 12.1 Å². The van der Waals surface area contributed by atoms with Gasteiger partial charge in [-0.3, -0.25) is 0 Å². The first-order chi connectivity index (χ1) is 27.1. The van der Waals surface area contributed by atoms with Crippen molar-refractivity contribution in [2.24, 2.45) is 0 Å². The molecule has 1 N–H and O–H groups in total. The minimum absolute atomic E-state index is 0.0358. The van der Waals surface area contributed by atoms with E-state index < -0.39 is 30.2 Å². The Bertz CT molecular complexity index is 2190. The highest BCUT2D eigenvalue weighted by molar-refractivity contribution is 5.85. The quantitative estimate of drug-likeness (QED) is 0.0947. The monoisotopic (exact) mass is 733 g/mol. The fourth-order valence-corrected chi connectivity index (χ4v) is 6.62. The molecule has 1 aromatic heterocycles. The molecule has 0 radical (unpaired) electrons. The van der Waals surface area contributed by atoms with Gasteiger partial charge < -0.3 is 24.1 Å². The van der Waals surface area contributed by atoms with Crippen molar-refractivity contribution in [1.82, 2.24) is 4.98 Å². The Kier molecular flexibility index (Phi) is 13.2. The Morgan fingerprint density at radius 3 is 1.53 bits per heavy atom. The van der Waals surface area contributed by atoms with Crippen LogP contribution in [0, 0.1) is 5.82 Å². The molecule has 7 rings (SSSR count). The summed E-state index contributed by atoms with van der Waals surface area (Å²) in [4.78, 5) is 4.96. The minimum Gasteiger partial charge on any atom is -0.388 e. The Morgan fingerprint density at radius 1 is 0.509 bits per heavy atom. The number of fused-ring (bicyclic) bond motifs is 1. The van der Waals surface area contributed by atoms with Crippen LogP contribution in [0.4, 0.5) is 4.39 Å². The first-order valence-electron chi connectivity index (χ1n) is 18.5. The zero-order chi connectivity index (χ0) is 37.7. The average molecular weight is 734 g/mol. The third-order valence-corrected chi connectivity index (χ3v) is 9.42. The molecule has 6 aromatic carbocycles. The molecule has 0 amide bonds. The smallest absolute Gasteiger partial charge is 0.123 e. The molecule has 0 unspecified atom stereocenters. The number of ether oxygens (including phenoxy) is 4. The fourth-order valence-electron chi connectivity index (χ4n) is 6.62.